The predicted molar refractivity (Wildman–Crippen MR) is 92.6 cm³/mol. The molecule has 0 radical (unpaired) electrons. The van der Waals surface area contributed by atoms with Crippen LogP contribution in [0.3, 0.4) is 0 Å². The van der Waals surface area contributed by atoms with Gasteiger partial charge in [-0.15, -0.1) is 0 Å². The third-order valence-electron chi connectivity index (χ3n) is 3.97. The van der Waals surface area contributed by atoms with Crippen LogP contribution in [0.5, 0.6) is 0 Å². The third-order valence-corrected chi connectivity index (χ3v) is 5.79. The molecule has 0 amide bonds. The minimum Gasteiger partial charge on any atom is -0.224 e. The van der Waals surface area contributed by atoms with Crippen LogP contribution in [0, 0.1) is 11.6 Å². The first-order valence-corrected chi connectivity index (χ1v) is 9.87. The van der Waals surface area contributed by atoms with Crippen LogP contribution in [-0.2, 0) is 9.84 Å². The summed E-state index contributed by atoms with van der Waals surface area (Å²) in [6, 6.07) is 9.43. The number of sulfone groups is 1. The highest BCUT2D eigenvalue weighted by Crippen LogP contribution is 2.25. The van der Waals surface area contributed by atoms with E-state index in [1.54, 1.807) is 12.1 Å². The SMILES string of the molecule is CCCCCCCS(=O)(=O)c1ccc(-c2ccc(F)cc2F)cc1. The molecule has 2 nitrogen and oxygen atoms in total. The summed E-state index contributed by atoms with van der Waals surface area (Å²) < 4.78 is 51.3. The van der Waals surface area contributed by atoms with Gasteiger partial charge in [0.05, 0.1) is 10.6 Å². The average molecular weight is 352 g/mol. The van der Waals surface area contributed by atoms with Crippen LogP contribution in [0.2, 0.25) is 0 Å². The van der Waals surface area contributed by atoms with E-state index in [2.05, 4.69) is 6.92 Å². The van der Waals surface area contributed by atoms with Gasteiger partial charge in [-0.2, -0.15) is 0 Å². The van der Waals surface area contributed by atoms with E-state index in [0.29, 0.717) is 12.0 Å². The highest BCUT2D eigenvalue weighted by atomic mass is 32.2. The fourth-order valence-electron chi connectivity index (χ4n) is 2.58. The topological polar surface area (TPSA) is 34.1 Å². The maximum absolute atomic E-state index is 13.8. The lowest BCUT2D eigenvalue weighted by molar-refractivity contribution is 0.585. The van der Waals surface area contributed by atoms with Crippen LogP contribution in [0.4, 0.5) is 8.78 Å². The molecule has 0 fully saturated rings. The maximum Gasteiger partial charge on any atom is 0.178 e. The van der Waals surface area contributed by atoms with Crippen molar-refractivity contribution in [1.82, 2.24) is 0 Å². The van der Waals surface area contributed by atoms with Gasteiger partial charge < -0.3 is 0 Å². The summed E-state index contributed by atoms with van der Waals surface area (Å²) in [5, 5.41) is 0. The summed E-state index contributed by atoms with van der Waals surface area (Å²) in [5.41, 5.74) is 0.773. The molecule has 24 heavy (non-hydrogen) atoms. The van der Waals surface area contributed by atoms with Crippen molar-refractivity contribution in [1.29, 1.82) is 0 Å². The maximum atomic E-state index is 13.8. The van der Waals surface area contributed by atoms with Crippen molar-refractivity contribution in [3.05, 3.63) is 54.1 Å². The van der Waals surface area contributed by atoms with Crippen LogP contribution in [0.15, 0.2) is 47.4 Å². The zero-order chi connectivity index (χ0) is 17.6. The molecule has 0 heterocycles. The molecule has 0 aliphatic rings. The van der Waals surface area contributed by atoms with Gasteiger partial charge in [-0.1, -0.05) is 44.7 Å². The molecule has 2 rings (SSSR count). The van der Waals surface area contributed by atoms with Gasteiger partial charge in [0.2, 0.25) is 0 Å². The van der Waals surface area contributed by atoms with Crippen LogP contribution in [0.1, 0.15) is 39.0 Å². The second-order valence-corrected chi connectivity index (χ2v) is 7.99. The Bertz CT molecular complexity index is 768. The van der Waals surface area contributed by atoms with Crippen LogP contribution in [-0.4, -0.2) is 14.2 Å². The van der Waals surface area contributed by atoms with Crippen molar-refractivity contribution in [2.75, 3.05) is 5.75 Å². The van der Waals surface area contributed by atoms with E-state index in [1.807, 2.05) is 0 Å². The summed E-state index contributed by atoms with van der Waals surface area (Å²) in [7, 11) is -3.32. The summed E-state index contributed by atoms with van der Waals surface area (Å²) in [6.45, 7) is 2.11. The van der Waals surface area contributed by atoms with Crippen molar-refractivity contribution < 1.29 is 17.2 Å². The largest absolute Gasteiger partial charge is 0.224 e. The zero-order valence-electron chi connectivity index (χ0n) is 13.8. The van der Waals surface area contributed by atoms with E-state index in [4.69, 9.17) is 0 Å². The molecule has 0 atom stereocenters. The van der Waals surface area contributed by atoms with E-state index >= 15 is 0 Å². The van der Waals surface area contributed by atoms with Gasteiger partial charge in [0.25, 0.3) is 0 Å². The first-order chi connectivity index (χ1) is 11.4. The van der Waals surface area contributed by atoms with Crippen LogP contribution < -0.4 is 0 Å². The second-order valence-electron chi connectivity index (χ2n) is 5.88. The van der Waals surface area contributed by atoms with Crippen molar-refractivity contribution in [2.45, 2.75) is 43.9 Å². The zero-order valence-corrected chi connectivity index (χ0v) is 14.6. The molecule has 0 N–H and O–H groups in total. The molecular formula is C19H22F2O2S. The molecule has 0 saturated carbocycles. The molecular weight excluding hydrogens is 330 g/mol. The molecule has 0 unspecified atom stereocenters. The Morgan fingerprint density at radius 2 is 1.54 bits per heavy atom. The lowest BCUT2D eigenvalue weighted by atomic mass is 10.1. The number of halogens is 2. The Hall–Kier alpha value is -1.75. The van der Waals surface area contributed by atoms with Crippen molar-refractivity contribution in [3.8, 4) is 11.1 Å². The lowest BCUT2D eigenvalue weighted by Gasteiger charge is -2.07. The molecule has 0 aromatic heterocycles. The molecule has 2 aromatic rings. The van der Waals surface area contributed by atoms with Gasteiger partial charge >= 0.3 is 0 Å². The minimum absolute atomic E-state index is 0.126. The molecule has 0 aliphatic heterocycles. The van der Waals surface area contributed by atoms with E-state index in [-0.39, 0.29) is 16.2 Å². The number of rotatable bonds is 8. The average Bonchev–Trinajstić information content (AvgIpc) is 2.55. The quantitative estimate of drug-likeness (QED) is 0.598. The van der Waals surface area contributed by atoms with Crippen molar-refractivity contribution in [2.24, 2.45) is 0 Å². The van der Waals surface area contributed by atoms with E-state index in [0.717, 1.165) is 31.7 Å². The Morgan fingerprint density at radius 3 is 2.17 bits per heavy atom. The summed E-state index contributed by atoms with van der Waals surface area (Å²) in [6.07, 6.45) is 4.85. The highest BCUT2D eigenvalue weighted by Gasteiger charge is 2.14. The Kier molecular flexibility index (Phi) is 6.49. The minimum atomic E-state index is -3.32. The van der Waals surface area contributed by atoms with E-state index < -0.39 is 21.5 Å². The molecule has 5 heteroatoms. The number of unbranched alkanes of at least 4 members (excludes halogenated alkanes) is 4. The van der Waals surface area contributed by atoms with Gasteiger partial charge in [-0.05, 0) is 36.2 Å². The Balaban J connectivity index is 2.08. The van der Waals surface area contributed by atoms with Crippen LogP contribution >= 0.6 is 0 Å². The molecule has 0 bridgehead atoms. The van der Waals surface area contributed by atoms with Crippen molar-refractivity contribution >= 4 is 9.84 Å². The molecule has 2 aromatic carbocycles. The summed E-state index contributed by atoms with van der Waals surface area (Å²) >= 11 is 0. The fourth-order valence-corrected chi connectivity index (χ4v) is 3.95. The van der Waals surface area contributed by atoms with Crippen molar-refractivity contribution in [3.63, 3.8) is 0 Å². The van der Waals surface area contributed by atoms with E-state index in [9.17, 15) is 17.2 Å². The fraction of sp³-hybridized carbons (Fsp3) is 0.368. The smallest absolute Gasteiger partial charge is 0.178 e. The molecule has 130 valence electrons. The van der Waals surface area contributed by atoms with Crippen LogP contribution in [0.25, 0.3) is 11.1 Å². The predicted octanol–water partition coefficient (Wildman–Crippen LogP) is 5.38. The second kappa shape index (κ2) is 8.38. The van der Waals surface area contributed by atoms with Gasteiger partial charge in [-0.25, -0.2) is 17.2 Å². The van der Waals surface area contributed by atoms with Gasteiger partial charge in [0, 0.05) is 11.6 Å². The first kappa shape index (κ1) is 18.6. The monoisotopic (exact) mass is 352 g/mol. The normalized spacial score (nSPS) is 11.6. The summed E-state index contributed by atoms with van der Waals surface area (Å²) in [5.74, 6) is -1.18. The van der Waals surface area contributed by atoms with Gasteiger partial charge in [0.1, 0.15) is 11.6 Å². The van der Waals surface area contributed by atoms with Gasteiger partial charge in [0.15, 0.2) is 9.84 Å². The Labute approximate surface area is 142 Å². The highest BCUT2D eigenvalue weighted by molar-refractivity contribution is 7.91. The first-order valence-electron chi connectivity index (χ1n) is 8.22. The third kappa shape index (κ3) is 4.87. The number of hydrogen-bond acceptors (Lipinski definition) is 2. The molecule has 0 spiro atoms. The Morgan fingerprint density at radius 1 is 0.875 bits per heavy atom. The standard InChI is InChI=1S/C19H22F2O2S/c1-2-3-4-5-6-13-24(22,23)17-10-7-15(8-11-17)18-12-9-16(20)14-19(18)21/h7-12,14H,2-6,13H2,1H3. The van der Waals surface area contributed by atoms with Gasteiger partial charge in [-0.3, -0.25) is 0 Å². The number of hydrogen-bond donors (Lipinski definition) is 0. The summed E-state index contributed by atoms with van der Waals surface area (Å²) in [4.78, 5) is 0.240. The number of benzene rings is 2. The van der Waals surface area contributed by atoms with E-state index in [1.165, 1.54) is 24.3 Å². The lowest BCUT2D eigenvalue weighted by Crippen LogP contribution is -2.06. The molecule has 0 saturated heterocycles. The molecule has 0 aliphatic carbocycles.